The maximum Gasteiger partial charge on any atom is 0.127 e. The fourth-order valence-electron chi connectivity index (χ4n) is 4.03. The molecule has 2 aromatic rings. The minimum atomic E-state index is -0.777. The number of allylic oxidation sites excluding steroid dienone is 4. The lowest BCUT2D eigenvalue weighted by atomic mass is 9.86. The van der Waals surface area contributed by atoms with Gasteiger partial charge in [-0.2, -0.15) is 0 Å². The zero-order valence-corrected chi connectivity index (χ0v) is 18.0. The molecule has 1 aliphatic rings. The van der Waals surface area contributed by atoms with E-state index in [9.17, 15) is 5.11 Å². The Kier molecular flexibility index (Phi) is 5.63. The topological polar surface area (TPSA) is 20.2 Å². The van der Waals surface area contributed by atoms with E-state index in [1.807, 2.05) is 0 Å². The van der Waals surface area contributed by atoms with Gasteiger partial charge in [0, 0.05) is 10.5 Å². The SMILES string of the molecule is CC(C)CC1(P(c2ccccc2)c2cccc(C(C)(C)C)c2O)C=CC=C1. The van der Waals surface area contributed by atoms with Crippen LogP contribution in [0.1, 0.15) is 46.6 Å². The number of phenols is 1. The van der Waals surface area contributed by atoms with Crippen molar-refractivity contribution in [3.8, 4) is 5.75 Å². The predicted octanol–water partition coefficient (Wildman–Crippen LogP) is 6.03. The lowest BCUT2D eigenvalue weighted by molar-refractivity contribution is 0.450. The number of hydrogen-bond acceptors (Lipinski definition) is 1. The van der Waals surface area contributed by atoms with Gasteiger partial charge < -0.3 is 5.11 Å². The summed E-state index contributed by atoms with van der Waals surface area (Å²) in [5.41, 5.74) is 0.929. The first kappa shape index (κ1) is 19.9. The molecule has 1 unspecified atom stereocenters. The standard InChI is InChI=1S/C25H31OP/c1-19(2)18-25(16-9-10-17-25)27(20-12-7-6-8-13-20)22-15-11-14-21(23(22)26)24(3,4)5/h6-17,19,26H,18H2,1-5H3. The molecule has 1 nitrogen and oxygen atoms in total. The molecule has 2 heteroatoms. The van der Waals surface area contributed by atoms with Crippen LogP contribution in [0.5, 0.6) is 5.75 Å². The summed E-state index contributed by atoms with van der Waals surface area (Å²) in [6.07, 6.45) is 10.1. The van der Waals surface area contributed by atoms with Crippen LogP contribution in [-0.2, 0) is 5.41 Å². The van der Waals surface area contributed by atoms with Crippen molar-refractivity contribution in [2.75, 3.05) is 0 Å². The molecule has 1 aliphatic carbocycles. The van der Waals surface area contributed by atoms with Crippen LogP contribution in [0.2, 0.25) is 0 Å². The molecule has 0 amide bonds. The molecule has 0 radical (unpaired) electrons. The van der Waals surface area contributed by atoms with Gasteiger partial charge in [-0.15, -0.1) is 0 Å². The Hall–Kier alpha value is -1.85. The van der Waals surface area contributed by atoms with Gasteiger partial charge in [-0.1, -0.05) is 107 Å². The highest BCUT2D eigenvalue weighted by atomic mass is 31.1. The lowest BCUT2D eigenvalue weighted by Gasteiger charge is -2.38. The summed E-state index contributed by atoms with van der Waals surface area (Å²) in [7, 11) is -0.777. The molecule has 27 heavy (non-hydrogen) atoms. The summed E-state index contributed by atoms with van der Waals surface area (Å²) in [6.45, 7) is 11.1. The zero-order chi connectivity index (χ0) is 19.7. The molecular formula is C25H31OP. The average molecular weight is 378 g/mol. The summed E-state index contributed by atoms with van der Waals surface area (Å²) in [5.74, 6) is 1.04. The van der Waals surface area contributed by atoms with Crippen molar-refractivity contribution in [3.63, 3.8) is 0 Å². The molecule has 2 aromatic carbocycles. The van der Waals surface area contributed by atoms with Crippen LogP contribution in [0.4, 0.5) is 0 Å². The molecule has 0 saturated carbocycles. The van der Waals surface area contributed by atoms with Gasteiger partial charge >= 0.3 is 0 Å². The minimum Gasteiger partial charge on any atom is -0.507 e. The highest BCUT2D eigenvalue weighted by Crippen LogP contribution is 2.56. The highest BCUT2D eigenvalue weighted by Gasteiger charge is 2.40. The van der Waals surface area contributed by atoms with Crippen LogP contribution >= 0.6 is 7.92 Å². The van der Waals surface area contributed by atoms with Crippen LogP contribution in [0.25, 0.3) is 0 Å². The van der Waals surface area contributed by atoms with Crippen LogP contribution < -0.4 is 10.6 Å². The van der Waals surface area contributed by atoms with E-state index in [1.165, 1.54) is 5.30 Å². The highest BCUT2D eigenvalue weighted by molar-refractivity contribution is 7.75. The molecule has 0 bridgehead atoms. The first-order valence-corrected chi connectivity index (χ1v) is 11.1. The summed E-state index contributed by atoms with van der Waals surface area (Å²) < 4.78 is 0. The van der Waals surface area contributed by atoms with Crippen molar-refractivity contribution in [2.24, 2.45) is 5.92 Å². The molecule has 0 spiro atoms. The van der Waals surface area contributed by atoms with Gasteiger partial charge in [-0.25, -0.2) is 0 Å². The molecule has 0 aromatic heterocycles. The van der Waals surface area contributed by atoms with E-state index >= 15 is 0 Å². The Labute approximate surface area is 165 Å². The number of para-hydroxylation sites is 1. The van der Waals surface area contributed by atoms with E-state index in [1.54, 1.807) is 0 Å². The van der Waals surface area contributed by atoms with Gasteiger partial charge in [0.15, 0.2) is 0 Å². The van der Waals surface area contributed by atoms with Gasteiger partial charge in [0.25, 0.3) is 0 Å². The average Bonchev–Trinajstić information content (AvgIpc) is 3.05. The van der Waals surface area contributed by atoms with Crippen molar-refractivity contribution in [1.82, 2.24) is 0 Å². The van der Waals surface area contributed by atoms with Crippen molar-refractivity contribution >= 4 is 18.5 Å². The Bertz CT molecular complexity index is 828. The van der Waals surface area contributed by atoms with Gasteiger partial charge in [0.05, 0.1) is 0 Å². The Balaban J connectivity index is 2.24. The van der Waals surface area contributed by atoms with E-state index in [2.05, 4.69) is 107 Å². The second-order valence-corrected chi connectivity index (χ2v) is 11.4. The molecule has 142 valence electrons. The second-order valence-electron chi connectivity index (χ2n) is 8.90. The van der Waals surface area contributed by atoms with Crippen molar-refractivity contribution in [3.05, 3.63) is 78.4 Å². The third-order valence-corrected chi connectivity index (χ3v) is 8.08. The second kappa shape index (κ2) is 7.64. The van der Waals surface area contributed by atoms with Crippen molar-refractivity contribution < 1.29 is 5.11 Å². The fraction of sp³-hybridized carbons (Fsp3) is 0.360. The van der Waals surface area contributed by atoms with Gasteiger partial charge in [-0.05, 0) is 36.5 Å². The molecule has 0 fully saturated rings. The molecule has 0 aliphatic heterocycles. The molecule has 0 heterocycles. The first-order valence-electron chi connectivity index (χ1n) is 9.79. The normalized spacial score (nSPS) is 16.8. The smallest absolute Gasteiger partial charge is 0.127 e. The quantitative estimate of drug-likeness (QED) is 0.630. The van der Waals surface area contributed by atoms with Crippen LogP contribution in [-0.4, -0.2) is 10.3 Å². The largest absolute Gasteiger partial charge is 0.507 e. The number of rotatable bonds is 5. The zero-order valence-electron chi connectivity index (χ0n) is 17.1. The Morgan fingerprint density at radius 3 is 2.11 bits per heavy atom. The van der Waals surface area contributed by atoms with E-state index in [0.717, 1.165) is 17.3 Å². The molecule has 1 N–H and O–H groups in total. The third kappa shape index (κ3) is 4.04. The van der Waals surface area contributed by atoms with Gasteiger partial charge in [0.2, 0.25) is 0 Å². The minimum absolute atomic E-state index is 0.0567. The van der Waals surface area contributed by atoms with Crippen molar-refractivity contribution in [1.29, 1.82) is 0 Å². The maximum atomic E-state index is 11.3. The first-order chi connectivity index (χ1) is 12.7. The summed E-state index contributed by atoms with van der Waals surface area (Å²) in [5, 5.41) is 13.7. The van der Waals surface area contributed by atoms with E-state index in [0.29, 0.717) is 11.7 Å². The van der Waals surface area contributed by atoms with Crippen LogP contribution in [0, 0.1) is 5.92 Å². The number of benzene rings is 2. The van der Waals surface area contributed by atoms with Gasteiger partial charge in [0.1, 0.15) is 5.75 Å². The van der Waals surface area contributed by atoms with E-state index < -0.39 is 7.92 Å². The molecule has 0 saturated heterocycles. The van der Waals surface area contributed by atoms with E-state index in [-0.39, 0.29) is 10.6 Å². The number of hydrogen-bond donors (Lipinski definition) is 1. The summed E-state index contributed by atoms with van der Waals surface area (Å²) >= 11 is 0. The van der Waals surface area contributed by atoms with Gasteiger partial charge in [-0.3, -0.25) is 0 Å². The maximum absolute atomic E-state index is 11.3. The lowest BCUT2D eigenvalue weighted by Crippen LogP contribution is -2.32. The monoisotopic (exact) mass is 378 g/mol. The summed E-state index contributed by atoms with van der Waals surface area (Å²) in [6, 6.07) is 17.0. The molecular weight excluding hydrogens is 347 g/mol. The Morgan fingerprint density at radius 1 is 0.926 bits per heavy atom. The van der Waals surface area contributed by atoms with E-state index in [4.69, 9.17) is 0 Å². The third-order valence-electron chi connectivity index (χ3n) is 5.11. The Morgan fingerprint density at radius 2 is 1.56 bits per heavy atom. The number of phenolic OH excluding ortho intramolecular Hbond substituents is 1. The molecule has 3 rings (SSSR count). The van der Waals surface area contributed by atoms with Crippen LogP contribution in [0.15, 0.2) is 72.8 Å². The predicted molar refractivity (Wildman–Crippen MR) is 120 cm³/mol. The van der Waals surface area contributed by atoms with Crippen molar-refractivity contribution in [2.45, 2.75) is 51.6 Å². The summed E-state index contributed by atoms with van der Waals surface area (Å²) in [4.78, 5) is 0. The fourth-order valence-corrected chi connectivity index (χ4v) is 7.29. The number of aromatic hydroxyl groups is 1. The van der Waals surface area contributed by atoms with Crippen LogP contribution in [0.3, 0.4) is 0 Å². The molecule has 1 atom stereocenters.